The summed E-state index contributed by atoms with van der Waals surface area (Å²) in [6.07, 6.45) is 3.67. The molecule has 3 rings (SSSR count). The number of nitrogens with one attached hydrogen (secondary N) is 1. The molecule has 0 bridgehead atoms. The van der Waals surface area contributed by atoms with Gasteiger partial charge in [-0.3, -0.25) is 19.2 Å². The van der Waals surface area contributed by atoms with Gasteiger partial charge in [0.15, 0.2) is 5.78 Å². The van der Waals surface area contributed by atoms with Crippen LogP contribution in [-0.2, 0) is 32.2 Å². The van der Waals surface area contributed by atoms with Crippen molar-refractivity contribution in [1.82, 2.24) is 5.48 Å². The molecule has 0 heterocycles. The number of Topliss-reactive ketones (excluding diaryl/α,β-unsaturated/α-hetero) is 1. The Labute approximate surface area is 200 Å². The number of hydrogen-bond acceptors (Lipinski definition) is 6. The molecule has 7 heteroatoms. The summed E-state index contributed by atoms with van der Waals surface area (Å²) < 4.78 is 10.7. The molecule has 1 amide bonds. The van der Waals surface area contributed by atoms with Gasteiger partial charge in [0, 0.05) is 17.5 Å². The van der Waals surface area contributed by atoms with Crippen LogP contribution in [0.15, 0.2) is 48.5 Å². The lowest BCUT2D eigenvalue weighted by Crippen LogP contribution is -2.44. The van der Waals surface area contributed by atoms with Crippen molar-refractivity contribution in [3.8, 4) is 5.75 Å². The second-order valence-electron chi connectivity index (χ2n) is 8.48. The maximum absolute atomic E-state index is 13.5. The van der Waals surface area contributed by atoms with Crippen molar-refractivity contribution in [2.75, 3.05) is 13.7 Å². The van der Waals surface area contributed by atoms with Crippen LogP contribution in [0.25, 0.3) is 0 Å². The Bertz CT molecular complexity index is 990. The molecule has 2 aromatic rings. The Kier molecular flexibility index (Phi) is 9.22. The van der Waals surface area contributed by atoms with Gasteiger partial charge in [-0.25, -0.2) is 5.48 Å². The third-order valence-corrected chi connectivity index (χ3v) is 6.28. The van der Waals surface area contributed by atoms with Crippen LogP contribution < -0.4 is 10.2 Å². The predicted octanol–water partition coefficient (Wildman–Crippen LogP) is 4.57. The summed E-state index contributed by atoms with van der Waals surface area (Å²) in [4.78, 5) is 43.7. The molecule has 34 heavy (non-hydrogen) atoms. The molecular weight excluding hydrogens is 434 g/mol. The quantitative estimate of drug-likeness (QED) is 0.213. The van der Waals surface area contributed by atoms with Crippen LogP contribution in [0.4, 0.5) is 0 Å². The molecule has 1 atom stereocenters. The number of ketones is 1. The largest absolute Gasteiger partial charge is 0.496 e. The summed E-state index contributed by atoms with van der Waals surface area (Å²) in [6, 6.07) is 15.0. The van der Waals surface area contributed by atoms with E-state index in [9.17, 15) is 14.4 Å². The zero-order valence-electron chi connectivity index (χ0n) is 19.9. The molecular formula is C27H33NO6. The van der Waals surface area contributed by atoms with Gasteiger partial charge in [-0.2, -0.15) is 0 Å². The second-order valence-corrected chi connectivity index (χ2v) is 8.48. The summed E-state index contributed by atoms with van der Waals surface area (Å²) >= 11 is 0. The van der Waals surface area contributed by atoms with Gasteiger partial charge in [0.1, 0.15) is 11.2 Å². The van der Waals surface area contributed by atoms with Gasteiger partial charge >= 0.3 is 5.97 Å². The average molecular weight is 468 g/mol. The molecule has 0 aromatic heterocycles. The van der Waals surface area contributed by atoms with E-state index in [1.54, 1.807) is 26.2 Å². The van der Waals surface area contributed by atoms with Gasteiger partial charge in [0.05, 0.1) is 20.3 Å². The van der Waals surface area contributed by atoms with E-state index in [1.807, 2.05) is 36.4 Å². The van der Waals surface area contributed by atoms with E-state index in [0.29, 0.717) is 62.9 Å². The van der Waals surface area contributed by atoms with Gasteiger partial charge in [0.25, 0.3) is 0 Å². The monoisotopic (exact) mass is 467 g/mol. The van der Waals surface area contributed by atoms with E-state index in [1.165, 1.54) is 0 Å². The molecule has 1 aliphatic carbocycles. The van der Waals surface area contributed by atoms with Crippen LogP contribution in [0.2, 0.25) is 0 Å². The molecule has 7 nitrogen and oxygen atoms in total. The van der Waals surface area contributed by atoms with E-state index in [2.05, 4.69) is 5.48 Å². The number of amides is 1. The first-order valence-electron chi connectivity index (χ1n) is 11.8. The fraction of sp³-hybridized carbons (Fsp3) is 0.444. The van der Waals surface area contributed by atoms with Crippen LogP contribution in [0, 0.1) is 5.41 Å². The number of carbonyl (C=O) groups is 3. The summed E-state index contributed by atoms with van der Waals surface area (Å²) in [6.45, 7) is 2.28. The minimum Gasteiger partial charge on any atom is -0.496 e. The highest BCUT2D eigenvalue weighted by Gasteiger charge is 2.49. The van der Waals surface area contributed by atoms with Crippen LogP contribution in [0.5, 0.6) is 5.75 Å². The Morgan fingerprint density at radius 2 is 1.82 bits per heavy atom. The lowest BCUT2D eigenvalue weighted by atomic mass is 9.67. The Morgan fingerprint density at radius 3 is 2.56 bits per heavy atom. The van der Waals surface area contributed by atoms with Gasteiger partial charge < -0.3 is 9.47 Å². The van der Waals surface area contributed by atoms with Crippen molar-refractivity contribution < 1.29 is 28.7 Å². The number of esters is 1. The average Bonchev–Trinajstić information content (AvgIpc) is 2.85. The molecule has 0 spiro atoms. The number of carbonyl (C=O) groups excluding carboxylic acids is 3. The number of ether oxygens (including phenoxy) is 2. The molecule has 1 N–H and O–H groups in total. The lowest BCUT2D eigenvalue weighted by Gasteiger charge is -2.35. The first-order chi connectivity index (χ1) is 16.5. The summed E-state index contributed by atoms with van der Waals surface area (Å²) in [5.41, 5.74) is 3.64. The minimum absolute atomic E-state index is 0.189. The lowest BCUT2D eigenvalue weighted by molar-refractivity contribution is -0.153. The number of fused-ring (bicyclic) bond motifs is 1. The maximum atomic E-state index is 13.5. The van der Waals surface area contributed by atoms with Gasteiger partial charge in [0.2, 0.25) is 5.91 Å². The first-order valence-corrected chi connectivity index (χ1v) is 11.8. The van der Waals surface area contributed by atoms with Crippen molar-refractivity contribution in [3.05, 3.63) is 65.2 Å². The summed E-state index contributed by atoms with van der Waals surface area (Å²) in [5, 5.41) is 0. The van der Waals surface area contributed by atoms with Gasteiger partial charge in [-0.15, -0.1) is 0 Å². The van der Waals surface area contributed by atoms with E-state index >= 15 is 0 Å². The molecule has 0 aliphatic heterocycles. The number of benzene rings is 2. The Hall–Kier alpha value is -3.19. The fourth-order valence-corrected chi connectivity index (χ4v) is 4.46. The van der Waals surface area contributed by atoms with Crippen LogP contribution >= 0.6 is 0 Å². The zero-order chi connectivity index (χ0) is 24.4. The number of methoxy groups -OCH3 is 1. The molecule has 0 saturated carbocycles. The van der Waals surface area contributed by atoms with E-state index in [4.69, 9.17) is 14.3 Å². The minimum atomic E-state index is -1.18. The molecule has 0 fully saturated rings. The normalized spacial score (nSPS) is 17.1. The smallest absolute Gasteiger partial charge is 0.320 e. The molecule has 1 aliphatic rings. The zero-order valence-corrected chi connectivity index (χ0v) is 19.9. The second kappa shape index (κ2) is 12.3. The maximum Gasteiger partial charge on any atom is 0.320 e. The highest BCUT2D eigenvalue weighted by atomic mass is 16.6. The van der Waals surface area contributed by atoms with E-state index in [0.717, 1.165) is 11.1 Å². The van der Waals surface area contributed by atoms with Crippen LogP contribution in [0.1, 0.15) is 66.9 Å². The van der Waals surface area contributed by atoms with Crippen LogP contribution in [0.3, 0.4) is 0 Å². The van der Waals surface area contributed by atoms with Crippen molar-refractivity contribution in [3.63, 3.8) is 0 Å². The standard InChI is InChI=1S/C27H33NO6/c1-3-33-26(31)27(18-16-21-22(25(27)30)13-10-14-23(21)32-2)17-9-5-8-15-24(29)28-34-19-20-11-6-4-7-12-20/h4,6-7,10-14H,3,5,8-9,15-19H2,1-2H3,(H,28,29). The highest BCUT2D eigenvalue weighted by Crippen LogP contribution is 2.43. The molecule has 182 valence electrons. The predicted molar refractivity (Wildman–Crippen MR) is 127 cm³/mol. The Balaban J connectivity index is 1.51. The number of hydroxylamine groups is 1. The number of unbranched alkanes of at least 4 members (excludes halogenated alkanes) is 2. The molecule has 1 unspecified atom stereocenters. The third kappa shape index (κ3) is 6.03. The topological polar surface area (TPSA) is 90.9 Å². The van der Waals surface area contributed by atoms with E-state index < -0.39 is 11.4 Å². The number of rotatable bonds is 12. The summed E-state index contributed by atoms with van der Waals surface area (Å²) in [7, 11) is 1.58. The van der Waals surface area contributed by atoms with Crippen LogP contribution in [-0.4, -0.2) is 31.4 Å². The molecule has 0 saturated heterocycles. The van der Waals surface area contributed by atoms with Crippen molar-refractivity contribution in [2.24, 2.45) is 5.41 Å². The van der Waals surface area contributed by atoms with Gasteiger partial charge in [-0.05, 0) is 44.2 Å². The fourth-order valence-electron chi connectivity index (χ4n) is 4.46. The first kappa shape index (κ1) is 25.4. The van der Waals surface area contributed by atoms with E-state index in [-0.39, 0.29) is 18.3 Å². The Morgan fingerprint density at radius 1 is 1.03 bits per heavy atom. The van der Waals surface area contributed by atoms with Crippen molar-refractivity contribution in [1.29, 1.82) is 0 Å². The molecule has 2 aromatic carbocycles. The van der Waals surface area contributed by atoms with Crippen molar-refractivity contribution >= 4 is 17.7 Å². The highest BCUT2D eigenvalue weighted by molar-refractivity contribution is 6.14. The summed E-state index contributed by atoms with van der Waals surface area (Å²) in [5.74, 6) is -0.173. The van der Waals surface area contributed by atoms with Gasteiger partial charge in [-0.1, -0.05) is 55.3 Å². The molecule has 0 radical (unpaired) electrons. The SMILES string of the molecule is CCOC(=O)C1(CCCCCC(=O)NOCc2ccccc2)CCc2c(OC)cccc2C1=O. The number of hydrogen-bond donors (Lipinski definition) is 1. The third-order valence-electron chi connectivity index (χ3n) is 6.28. The van der Waals surface area contributed by atoms with Crippen molar-refractivity contribution in [2.45, 2.75) is 58.5 Å².